The fourth-order valence-electron chi connectivity index (χ4n) is 2.98. The molecule has 1 saturated heterocycles. The van der Waals surface area contributed by atoms with Gasteiger partial charge in [-0.15, -0.1) is 11.8 Å². The number of carbonyl (C=O) groups excluding carboxylic acids is 1. The highest BCUT2D eigenvalue weighted by Crippen LogP contribution is 2.33. The molecule has 4 heteroatoms. The molecule has 0 aliphatic carbocycles. The second kappa shape index (κ2) is 7.55. The molecule has 3 nitrogen and oxygen atoms in total. The van der Waals surface area contributed by atoms with Gasteiger partial charge in [0.25, 0.3) is 0 Å². The van der Waals surface area contributed by atoms with Gasteiger partial charge in [-0.2, -0.15) is 0 Å². The first-order chi connectivity index (χ1) is 11.3. The number of carbonyl (C=O) groups is 1. The molecular weight excluding hydrogens is 306 g/mol. The molecule has 1 unspecified atom stereocenters. The van der Waals surface area contributed by atoms with Crippen molar-refractivity contribution in [1.82, 2.24) is 4.90 Å². The molecule has 1 atom stereocenters. The van der Waals surface area contributed by atoms with Crippen molar-refractivity contribution in [1.29, 1.82) is 0 Å². The maximum atomic E-state index is 12.6. The van der Waals surface area contributed by atoms with Gasteiger partial charge in [0.2, 0.25) is 5.91 Å². The summed E-state index contributed by atoms with van der Waals surface area (Å²) in [5.74, 6) is 1.57. The van der Waals surface area contributed by atoms with Gasteiger partial charge in [0.15, 0.2) is 0 Å². The minimum atomic E-state index is 0.199. The molecule has 0 saturated carbocycles. The maximum Gasteiger partial charge on any atom is 0.233 e. The highest BCUT2D eigenvalue weighted by molar-refractivity contribution is 8.00. The number of hydrogen-bond acceptors (Lipinski definition) is 3. The summed E-state index contributed by atoms with van der Waals surface area (Å²) in [5, 5.41) is 0. The second-order valence-electron chi connectivity index (χ2n) is 5.62. The summed E-state index contributed by atoms with van der Waals surface area (Å²) in [5.41, 5.74) is 1.20. The van der Waals surface area contributed by atoms with E-state index in [0.717, 1.165) is 30.0 Å². The third kappa shape index (κ3) is 3.88. The van der Waals surface area contributed by atoms with Crippen LogP contribution in [-0.2, 0) is 4.79 Å². The molecule has 0 bridgehead atoms. The van der Waals surface area contributed by atoms with E-state index >= 15 is 0 Å². The minimum Gasteiger partial charge on any atom is -0.497 e. The third-order valence-electron chi connectivity index (χ3n) is 4.18. The van der Waals surface area contributed by atoms with Gasteiger partial charge in [-0.3, -0.25) is 4.79 Å². The Morgan fingerprint density at radius 3 is 2.61 bits per heavy atom. The zero-order chi connectivity index (χ0) is 16.1. The van der Waals surface area contributed by atoms with Crippen molar-refractivity contribution in [2.75, 3.05) is 19.4 Å². The lowest BCUT2D eigenvalue weighted by Crippen LogP contribution is -2.31. The smallest absolute Gasteiger partial charge is 0.233 e. The Morgan fingerprint density at radius 2 is 1.91 bits per heavy atom. The fraction of sp³-hybridized carbons (Fsp3) is 0.316. The van der Waals surface area contributed by atoms with Crippen LogP contribution in [0.1, 0.15) is 24.4 Å². The van der Waals surface area contributed by atoms with Crippen LogP contribution < -0.4 is 4.74 Å². The summed E-state index contributed by atoms with van der Waals surface area (Å²) in [6.07, 6.45) is 2.10. The van der Waals surface area contributed by atoms with Crippen LogP contribution in [0.4, 0.5) is 0 Å². The van der Waals surface area contributed by atoms with Crippen LogP contribution in [0.3, 0.4) is 0 Å². The van der Waals surface area contributed by atoms with Gasteiger partial charge in [0, 0.05) is 11.4 Å². The fourth-order valence-corrected chi connectivity index (χ4v) is 3.79. The zero-order valence-electron chi connectivity index (χ0n) is 13.3. The molecule has 1 aliphatic heterocycles. The molecule has 1 heterocycles. The van der Waals surface area contributed by atoms with Gasteiger partial charge >= 0.3 is 0 Å². The predicted molar refractivity (Wildman–Crippen MR) is 93.8 cm³/mol. The molecule has 0 radical (unpaired) electrons. The number of benzene rings is 2. The number of likely N-dealkylation sites (tertiary alicyclic amines) is 1. The van der Waals surface area contributed by atoms with Gasteiger partial charge in [0.1, 0.15) is 5.75 Å². The largest absolute Gasteiger partial charge is 0.497 e. The van der Waals surface area contributed by atoms with Crippen molar-refractivity contribution >= 4 is 17.7 Å². The van der Waals surface area contributed by atoms with E-state index in [0.29, 0.717) is 5.75 Å². The van der Waals surface area contributed by atoms with Crippen LogP contribution in [0.15, 0.2) is 59.5 Å². The van der Waals surface area contributed by atoms with Crippen molar-refractivity contribution in [2.24, 2.45) is 0 Å². The molecule has 0 N–H and O–H groups in total. The number of hydrogen-bond donors (Lipinski definition) is 0. The minimum absolute atomic E-state index is 0.199. The molecular formula is C19H21NO2S. The summed E-state index contributed by atoms with van der Waals surface area (Å²) < 4.78 is 5.21. The molecule has 1 fully saturated rings. The molecule has 23 heavy (non-hydrogen) atoms. The van der Waals surface area contributed by atoms with E-state index in [-0.39, 0.29) is 11.9 Å². The van der Waals surface area contributed by atoms with Crippen molar-refractivity contribution in [3.63, 3.8) is 0 Å². The summed E-state index contributed by atoms with van der Waals surface area (Å²) in [6.45, 7) is 0.852. The Morgan fingerprint density at radius 1 is 1.17 bits per heavy atom. The van der Waals surface area contributed by atoms with Crippen LogP contribution in [0.5, 0.6) is 5.75 Å². The lowest BCUT2D eigenvalue weighted by molar-refractivity contribution is -0.129. The summed E-state index contributed by atoms with van der Waals surface area (Å²) >= 11 is 1.61. The molecule has 2 aromatic carbocycles. The Balaban J connectivity index is 1.64. The van der Waals surface area contributed by atoms with E-state index < -0.39 is 0 Å². The SMILES string of the molecule is COc1ccc(C2CCCN2C(=O)CSc2ccccc2)cc1. The maximum absolute atomic E-state index is 12.6. The standard InChI is InChI=1S/C19H21NO2S/c1-22-16-11-9-15(10-12-16)18-8-5-13-20(18)19(21)14-23-17-6-3-2-4-7-17/h2-4,6-7,9-12,18H,5,8,13-14H2,1H3. The predicted octanol–water partition coefficient (Wildman–Crippen LogP) is 4.15. The summed E-state index contributed by atoms with van der Waals surface area (Å²) in [4.78, 5) is 15.8. The molecule has 1 aliphatic rings. The highest BCUT2D eigenvalue weighted by Gasteiger charge is 2.29. The van der Waals surface area contributed by atoms with E-state index in [1.54, 1.807) is 18.9 Å². The number of thioether (sulfide) groups is 1. The van der Waals surface area contributed by atoms with E-state index in [1.165, 1.54) is 5.56 Å². The second-order valence-corrected chi connectivity index (χ2v) is 6.67. The van der Waals surface area contributed by atoms with Gasteiger partial charge in [0.05, 0.1) is 18.9 Å². The lowest BCUT2D eigenvalue weighted by atomic mass is 10.0. The van der Waals surface area contributed by atoms with Crippen LogP contribution >= 0.6 is 11.8 Å². The van der Waals surface area contributed by atoms with Gasteiger partial charge in [-0.05, 0) is 42.7 Å². The number of nitrogens with zero attached hydrogens (tertiary/aromatic N) is 1. The van der Waals surface area contributed by atoms with Crippen LogP contribution in [-0.4, -0.2) is 30.2 Å². The van der Waals surface area contributed by atoms with Crippen LogP contribution in [0.2, 0.25) is 0 Å². The topological polar surface area (TPSA) is 29.5 Å². The number of amides is 1. The van der Waals surface area contributed by atoms with E-state index in [1.807, 2.05) is 47.4 Å². The van der Waals surface area contributed by atoms with Gasteiger partial charge in [-0.1, -0.05) is 30.3 Å². The zero-order valence-corrected chi connectivity index (χ0v) is 14.1. The molecule has 0 spiro atoms. The van der Waals surface area contributed by atoms with Crippen LogP contribution in [0, 0.1) is 0 Å². The van der Waals surface area contributed by atoms with Crippen molar-refractivity contribution in [2.45, 2.75) is 23.8 Å². The first-order valence-electron chi connectivity index (χ1n) is 7.89. The Bertz CT molecular complexity index is 642. The molecule has 120 valence electrons. The number of ether oxygens (including phenoxy) is 1. The third-order valence-corrected chi connectivity index (χ3v) is 5.18. The average Bonchev–Trinajstić information content (AvgIpc) is 3.10. The Labute approximate surface area is 141 Å². The first-order valence-corrected chi connectivity index (χ1v) is 8.88. The first kappa shape index (κ1) is 15.9. The number of rotatable bonds is 5. The van der Waals surface area contributed by atoms with Crippen LogP contribution in [0.25, 0.3) is 0 Å². The molecule has 2 aromatic rings. The van der Waals surface area contributed by atoms with Crippen molar-refractivity contribution in [3.8, 4) is 5.75 Å². The van der Waals surface area contributed by atoms with E-state index in [4.69, 9.17) is 4.74 Å². The Hall–Kier alpha value is -1.94. The highest BCUT2D eigenvalue weighted by atomic mass is 32.2. The molecule has 3 rings (SSSR count). The number of methoxy groups -OCH3 is 1. The quantitative estimate of drug-likeness (QED) is 0.773. The van der Waals surface area contributed by atoms with Gasteiger partial charge < -0.3 is 9.64 Å². The normalized spacial score (nSPS) is 17.3. The average molecular weight is 327 g/mol. The summed E-state index contributed by atoms with van der Waals surface area (Å²) in [7, 11) is 1.67. The lowest BCUT2D eigenvalue weighted by Gasteiger charge is -2.25. The molecule has 1 amide bonds. The Kier molecular flexibility index (Phi) is 5.23. The van der Waals surface area contributed by atoms with E-state index in [2.05, 4.69) is 12.1 Å². The van der Waals surface area contributed by atoms with E-state index in [9.17, 15) is 4.79 Å². The van der Waals surface area contributed by atoms with Gasteiger partial charge in [-0.25, -0.2) is 0 Å². The molecule has 0 aromatic heterocycles. The van der Waals surface area contributed by atoms with Crippen molar-refractivity contribution in [3.05, 3.63) is 60.2 Å². The monoisotopic (exact) mass is 327 g/mol. The van der Waals surface area contributed by atoms with Crippen molar-refractivity contribution < 1.29 is 9.53 Å². The summed E-state index contributed by atoms with van der Waals surface area (Å²) in [6, 6.07) is 18.4.